The van der Waals surface area contributed by atoms with Crippen molar-refractivity contribution >= 4 is 23.7 Å². The summed E-state index contributed by atoms with van der Waals surface area (Å²) in [6.07, 6.45) is 6.84. The van der Waals surface area contributed by atoms with Gasteiger partial charge in [-0.05, 0) is 13.2 Å². The third-order valence-corrected chi connectivity index (χ3v) is 3.37. The molecule has 9 heteroatoms. The van der Waals surface area contributed by atoms with Gasteiger partial charge < -0.3 is 16.2 Å². The van der Waals surface area contributed by atoms with E-state index in [2.05, 4.69) is 25.3 Å². The summed E-state index contributed by atoms with van der Waals surface area (Å²) in [5.74, 6) is 1.41. The van der Waals surface area contributed by atoms with Crippen LogP contribution < -0.4 is 11.1 Å². The number of nitrogens with zero attached hydrogens (tertiary/aromatic N) is 5. The molecule has 0 aliphatic heterocycles. The Morgan fingerprint density at radius 1 is 1.45 bits per heavy atom. The Morgan fingerprint density at radius 3 is 2.90 bits per heavy atom. The normalized spacial score (nSPS) is 13.9. The first-order valence-corrected chi connectivity index (χ1v) is 7.35. The first kappa shape index (κ1) is 14.5. The van der Waals surface area contributed by atoms with Gasteiger partial charge in [0.2, 0.25) is 17.8 Å². The maximum absolute atomic E-state index is 10.1. The standard InChI is InChI=1S/C11H17N7OS/c1-11(19,6-20-2)5-14-9-15-8(12)16-10(17-9)18-4-3-13-7-18/h3-4,7,19H,5-6H2,1-2H3,(H3,12,14,15,16,17). The van der Waals surface area contributed by atoms with Gasteiger partial charge in [0.05, 0.1) is 5.60 Å². The molecular weight excluding hydrogens is 278 g/mol. The number of imidazole rings is 1. The predicted octanol–water partition coefficient (Wildman–Crippen LogP) is 0.165. The van der Waals surface area contributed by atoms with Crippen LogP contribution >= 0.6 is 11.8 Å². The van der Waals surface area contributed by atoms with Gasteiger partial charge in [-0.2, -0.15) is 26.7 Å². The minimum atomic E-state index is -0.851. The highest BCUT2D eigenvalue weighted by Crippen LogP contribution is 2.12. The Labute approximate surface area is 120 Å². The highest BCUT2D eigenvalue weighted by Gasteiger charge is 2.20. The van der Waals surface area contributed by atoms with Gasteiger partial charge in [-0.1, -0.05) is 0 Å². The van der Waals surface area contributed by atoms with E-state index >= 15 is 0 Å². The summed E-state index contributed by atoms with van der Waals surface area (Å²) in [4.78, 5) is 16.2. The second-order valence-electron chi connectivity index (χ2n) is 4.57. The highest BCUT2D eigenvalue weighted by atomic mass is 32.2. The molecular formula is C11H17N7OS. The second-order valence-corrected chi connectivity index (χ2v) is 5.44. The number of hydrogen-bond donors (Lipinski definition) is 3. The van der Waals surface area contributed by atoms with E-state index in [9.17, 15) is 5.11 Å². The SMILES string of the molecule is CSCC(C)(O)CNc1nc(N)nc(-n2ccnc2)n1. The molecule has 0 saturated carbocycles. The summed E-state index contributed by atoms with van der Waals surface area (Å²) in [6, 6.07) is 0. The number of anilines is 2. The zero-order valence-corrected chi connectivity index (χ0v) is 12.1. The van der Waals surface area contributed by atoms with E-state index < -0.39 is 5.60 Å². The predicted molar refractivity (Wildman–Crippen MR) is 78.9 cm³/mol. The summed E-state index contributed by atoms with van der Waals surface area (Å²) in [5.41, 5.74) is 4.81. The molecule has 1 unspecified atom stereocenters. The van der Waals surface area contributed by atoms with Crippen molar-refractivity contribution in [2.24, 2.45) is 0 Å². The zero-order chi connectivity index (χ0) is 14.6. The van der Waals surface area contributed by atoms with Crippen molar-refractivity contribution in [3.63, 3.8) is 0 Å². The lowest BCUT2D eigenvalue weighted by Crippen LogP contribution is -2.36. The molecule has 0 aliphatic carbocycles. The molecule has 2 heterocycles. The quantitative estimate of drug-likeness (QED) is 0.690. The van der Waals surface area contributed by atoms with Gasteiger partial charge in [0.25, 0.3) is 0 Å². The molecule has 0 spiro atoms. The molecule has 0 bridgehead atoms. The maximum Gasteiger partial charge on any atom is 0.241 e. The number of nitrogens with two attached hydrogens (primary N) is 1. The van der Waals surface area contributed by atoms with Crippen LogP contribution in [0.25, 0.3) is 5.95 Å². The van der Waals surface area contributed by atoms with E-state index in [1.807, 2.05) is 6.26 Å². The lowest BCUT2D eigenvalue weighted by Gasteiger charge is -2.22. The lowest BCUT2D eigenvalue weighted by molar-refractivity contribution is 0.0995. The number of nitrogens with one attached hydrogen (secondary N) is 1. The van der Waals surface area contributed by atoms with Gasteiger partial charge in [-0.25, -0.2) is 4.98 Å². The first-order valence-electron chi connectivity index (χ1n) is 5.95. The fourth-order valence-electron chi connectivity index (χ4n) is 1.58. The fraction of sp³-hybridized carbons (Fsp3) is 0.455. The molecule has 20 heavy (non-hydrogen) atoms. The van der Waals surface area contributed by atoms with Crippen molar-refractivity contribution < 1.29 is 5.11 Å². The van der Waals surface area contributed by atoms with Crippen molar-refractivity contribution in [3.05, 3.63) is 18.7 Å². The van der Waals surface area contributed by atoms with Crippen LogP contribution in [0.1, 0.15) is 6.92 Å². The summed E-state index contributed by atoms with van der Waals surface area (Å²) in [6.45, 7) is 2.07. The topological polar surface area (TPSA) is 115 Å². The van der Waals surface area contributed by atoms with Gasteiger partial charge in [0, 0.05) is 24.7 Å². The van der Waals surface area contributed by atoms with Crippen LogP contribution in [0.15, 0.2) is 18.7 Å². The molecule has 0 aromatic carbocycles. The molecule has 0 saturated heterocycles. The summed E-state index contributed by atoms with van der Waals surface area (Å²) < 4.78 is 1.63. The number of aromatic nitrogens is 5. The Hall–Kier alpha value is -1.87. The van der Waals surface area contributed by atoms with Gasteiger partial charge in [0.15, 0.2) is 0 Å². The van der Waals surface area contributed by atoms with Crippen molar-refractivity contribution in [1.82, 2.24) is 24.5 Å². The minimum absolute atomic E-state index is 0.107. The van der Waals surface area contributed by atoms with Crippen molar-refractivity contribution in [2.45, 2.75) is 12.5 Å². The molecule has 8 nitrogen and oxygen atoms in total. The van der Waals surface area contributed by atoms with Crippen molar-refractivity contribution in [2.75, 3.05) is 29.6 Å². The monoisotopic (exact) mass is 295 g/mol. The van der Waals surface area contributed by atoms with E-state index in [4.69, 9.17) is 5.73 Å². The van der Waals surface area contributed by atoms with Gasteiger partial charge in [0.1, 0.15) is 6.33 Å². The molecule has 0 amide bonds. The molecule has 1 atom stereocenters. The number of aliphatic hydroxyl groups is 1. The molecule has 0 radical (unpaired) electrons. The van der Waals surface area contributed by atoms with Crippen LogP contribution in [0.5, 0.6) is 0 Å². The van der Waals surface area contributed by atoms with E-state index in [1.165, 1.54) is 0 Å². The molecule has 2 aromatic rings. The van der Waals surface area contributed by atoms with E-state index in [1.54, 1.807) is 42.0 Å². The number of nitrogen functional groups attached to an aromatic ring is 1. The average molecular weight is 295 g/mol. The van der Waals surface area contributed by atoms with Gasteiger partial charge >= 0.3 is 0 Å². The van der Waals surface area contributed by atoms with Gasteiger partial charge in [-0.3, -0.25) is 4.57 Å². The second kappa shape index (κ2) is 6.06. The van der Waals surface area contributed by atoms with Crippen LogP contribution in [0, 0.1) is 0 Å². The van der Waals surface area contributed by atoms with Crippen molar-refractivity contribution in [1.29, 1.82) is 0 Å². The lowest BCUT2D eigenvalue weighted by atomic mass is 10.1. The average Bonchev–Trinajstić information content (AvgIpc) is 2.90. The highest BCUT2D eigenvalue weighted by molar-refractivity contribution is 7.98. The minimum Gasteiger partial charge on any atom is -0.387 e. The summed E-state index contributed by atoms with van der Waals surface area (Å²) in [5, 5.41) is 13.1. The van der Waals surface area contributed by atoms with E-state index in [0.717, 1.165) is 0 Å². The Bertz CT molecular complexity index is 558. The third kappa shape index (κ3) is 3.81. The van der Waals surface area contributed by atoms with Gasteiger partial charge in [-0.15, -0.1) is 0 Å². The summed E-state index contributed by atoms with van der Waals surface area (Å²) in [7, 11) is 0. The third-order valence-electron chi connectivity index (χ3n) is 2.46. The summed E-state index contributed by atoms with van der Waals surface area (Å²) >= 11 is 1.57. The largest absolute Gasteiger partial charge is 0.387 e. The van der Waals surface area contributed by atoms with Crippen molar-refractivity contribution in [3.8, 4) is 5.95 Å². The van der Waals surface area contributed by atoms with Crippen LogP contribution in [0.4, 0.5) is 11.9 Å². The molecule has 0 fully saturated rings. The number of thioether (sulfide) groups is 1. The molecule has 2 aromatic heterocycles. The molecule has 108 valence electrons. The fourth-order valence-corrected chi connectivity index (χ4v) is 2.31. The molecule has 4 N–H and O–H groups in total. The Kier molecular flexibility index (Phi) is 4.40. The molecule has 2 rings (SSSR count). The van der Waals surface area contributed by atoms with Crippen LogP contribution in [-0.4, -0.2) is 53.8 Å². The van der Waals surface area contributed by atoms with Crippen LogP contribution in [-0.2, 0) is 0 Å². The number of hydrogen-bond acceptors (Lipinski definition) is 8. The number of rotatable bonds is 6. The maximum atomic E-state index is 10.1. The van der Waals surface area contributed by atoms with Crippen LogP contribution in [0.2, 0.25) is 0 Å². The zero-order valence-electron chi connectivity index (χ0n) is 11.3. The first-order chi connectivity index (χ1) is 9.50. The smallest absolute Gasteiger partial charge is 0.241 e. The van der Waals surface area contributed by atoms with E-state index in [-0.39, 0.29) is 5.95 Å². The van der Waals surface area contributed by atoms with Crippen LogP contribution in [0.3, 0.4) is 0 Å². The van der Waals surface area contributed by atoms with E-state index in [0.29, 0.717) is 24.2 Å². The Morgan fingerprint density at radius 2 is 2.25 bits per heavy atom. The Balaban J connectivity index is 2.13. The molecule has 0 aliphatic rings.